The summed E-state index contributed by atoms with van der Waals surface area (Å²) >= 11 is 0. The third-order valence-corrected chi connectivity index (χ3v) is 4.59. The fraction of sp³-hybridized carbons (Fsp3) is 0.500. The lowest BCUT2D eigenvalue weighted by Gasteiger charge is -2.35. The number of amides is 1. The van der Waals surface area contributed by atoms with Gasteiger partial charge in [0.25, 0.3) is 5.91 Å². The van der Waals surface area contributed by atoms with Gasteiger partial charge in [0.1, 0.15) is 17.5 Å². The minimum Gasteiger partial charge on any atom is -0.373 e. The molecule has 0 saturated carbocycles. The van der Waals surface area contributed by atoms with E-state index in [9.17, 15) is 10.1 Å². The van der Waals surface area contributed by atoms with Crippen LogP contribution in [-0.4, -0.2) is 60.0 Å². The highest BCUT2D eigenvalue weighted by Gasteiger charge is 2.22. The summed E-state index contributed by atoms with van der Waals surface area (Å²) in [6.07, 6.45) is 6.78. The number of carbonyl (C=O) groups is 1. The number of anilines is 1. The Morgan fingerprint density at radius 1 is 1.08 bits per heavy atom. The quantitative estimate of drug-likeness (QED) is 0.624. The third-order valence-electron chi connectivity index (χ3n) is 4.59. The van der Waals surface area contributed by atoms with E-state index in [0.717, 1.165) is 57.9 Å². The van der Waals surface area contributed by atoms with Crippen molar-refractivity contribution in [3.8, 4) is 6.07 Å². The Bertz CT molecular complexity index is 623. The molecular weight excluding hydrogens is 302 g/mol. The molecule has 2 saturated heterocycles. The second-order valence-corrected chi connectivity index (χ2v) is 6.22. The standard InChI is InChI=1S/C18H23N5O/c19-14-16(18(24)23-8-4-1-5-9-23)15-21-10-12-22(13-11-21)17-6-2-3-7-20-17/h2-3,6-7,15H,1,4-5,8-13H2/b16-15-. The molecule has 6 nitrogen and oxygen atoms in total. The molecule has 0 atom stereocenters. The van der Waals surface area contributed by atoms with E-state index < -0.39 is 0 Å². The summed E-state index contributed by atoms with van der Waals surface area (Å²) in [7, 11) is 0. The van der Waals surface area contributed by atoms with E-state index >= 15 is 0 Å². The molecule has 1 aromatic rings. The topological polar surface area (TPSA) is 63.5 Å². The zero-order chi connectivity index (χ0) is 16.8. The van der Waals surface area contributed by atoms with Gasteiger partial charge in [-0.1, -0.05) is 6.07 Å². The lowest BCUT2D eigenvalue weighted by Crippen LogP contribution is -2.45. The smallest absolute Gasteiger partial charge is 0.266 e. The highest BCUT2D eigenvalue weighted by Crippen LogP contribution is 2.15. The molecule has 6 heteroatoms. The molecule has 3 rings (SSSR count). The van der Waals surface area contributed by atoms with Crippen LogP contribution in [0.25, 0.3) is 0 Å². The SMILES string of the molecule is N#C/C(=C/N1CCN(c2ccccn2)CC1)C(=O)N1CCCCC1. The van der Waals surface area contributed by atoms with Crippen LogP contribution in [0.4, 0.5) is 5.82 Å². The minimum absolute atomic E-state index is 0.121. The number of nitrogens with zero attached hydrogens (tertiary/aromatic N) is 5. The van der Waals surface area contributed by atoms with Gasteiger partial charge >= 0.3 is 0 Å². The second-order valence-electron chi connectivity index (χ2n) is 6.22. The maximum absolute atomic E-state index is 12.5. The van der Waals surface area contributed by atoms with E-state index in [0.29, 0.717) is 0 Å². The lowest BCUT2D eigenvalue weighted by molar-refractivity contribution is -0.127. The molecule has 1 amide bonds. The normalized spacial score (nSPS) is 19.1. The number of pyridine rings is 1. The molecule has 0 aliphatic carbocycles. The van der Waals surface area contributed by atoms with Crippen LogP contribution in [0.5, 0.6) is 0 Å². The predicted molar refractivity (Wildman–Crippen MR) is 92.2 cm³/mol. The van der Waals surface area contributed by atoms with Crippen molar-refractivity contribution in [3.05, 3.63) is 36.2 Å². The Hall–Kier alpha value is -2.55. The Morgan fingerprint density at radius 2 is 1.83 bits per heavy atom. The Morgan fingerprint density at radius 3 is 2.46 bits per heavy atom. The van der Waals surface area contributed by atoms with Crippen LogP contribution in [0, 0.1) is 11.3 Å². The second kappa shape index (κ2) is 7.82. The van der Waals surface area contributed by atoms with Gasteiger partial charge in [-0.3, -0.25) is 4.79 Å². The molecule has 0 spiro atoms. The molecule has 0 aromatic carbocycles. The molecule has 2 aliphatic rings. The van der Waals surface area contributed by atoms with Crippen molar-refractivity contribution in [2.45, 2.75) is 19.3 Å². The Balaban J connectivity index is 1.59. The zero-order valence-electron chi connectivity index (χ0n) is 13.9. The molecule has 0 unspecified atom stereocenters. The van der Waals surface area contributed by atoms with Gasteiger partial charge in [0.05, 0.1) is 0 Å². The van der Waals surface area contributed by atoms with E-state index in [1.54, 1.807) is 12.4 Å². The van der Waals surface area contributed by atoms with Crippen molar-refractivity contribution in [3.63, 3.8) is 0 Å². The Labute approximate surface area is 143 Å². The van der Waals surface area contributed by atoms with Crippen molar-refractivity contribution in [2.24, 2.45) is 0 Å². The summed E-state index contributed by atoms with van der Waals surface area (Å²) in [4.78, 5) is 23.0. The number of rotatable bonds is 3. The molecule has 0 radical (unpaired) electrons. The van der Waals surface area contributed by atoms with Gasteiger partial charge in [-0.15, -0.1) is 0 Å². The molecule has 2 fully saturated rings. The molecule has 3 heterocycles. The number of likely N-dealkylation sites (tertiary alicyclic amines) is 1. The number of hydrogen-bond donors (Lipinski definition) is 0. The molecule has 1 aromatic heterocycles. The van der Waals surface area contributed by atoms with Gasteiger partial charge in [-0.25, -0.2) is 4.98 Å². The van der Waals surface area contributed by atoms with Crippen LogP contribution < -0.4 is 4.90 Å². The van der Waals surface area contributed by atoms with E-state index in [4.69, 9.17) is 0 Å². The molecule has 0 bridgehead atoms. The summed E-state index contributed by atoms with van der Waals surface area (Å²) in [5.41, 5.74) is 0.253. The van der Waals surface area contributed by atoms with Gasteiger partial charge in [-0.2, -0.15) is 5.26 Å². The first kappa shape index (κ1) is 16.3. The largest absolute Gasteiger partial charge is 0.373 e. The van der Waals surface area contributed by atoms with E-state index in [-0.39, 0.29) is 11.5 Å². The first-order valence-electron chi connectivity index (χ1n) is 8.59. The van der Waals surface area contributed by atoms with E-state index in [1.165, 1.54) is 6.42 Å². The van der Waals surface area contributed by atoms with Crippen LogP contribution in [0.15, 0.2) is 36.2 Å². The van der Waals surface area contributed by atoms with Crippen molar-refractivity contribution in [1.29, 1.82) is 5.26 Å². The zero-order valence-corrected chi connectivity index (χ0v) is 13.9. The van der Waals surface area contributed by atoms with Crippen molar-refractivity contribution < 1.29 is 4.79 Å². The van der Waals surface area contributed by atoms with Crippen molar-refractivity contribution in [2.75, 3.05) is 44.2 Å². The Kier molecular flexibility index (Phi) is 5.32. The van der Waals surface area contributed by atoms with Crippen LogP contribution >= 0.6 is 0 Å². The minimum atomic E-state index is -0.121. The lowest BCUT2D eigenvalue weighted by atomic mass is 10.1. The average molecular weight is 325 g/mol. The summed E-state index contributed by atoms with van der Waals surface area (Å²) in [6, 6.07) is 7.99. The number of piperazine rings is 1. The number of carbonyl (C=O) groups excluding carboxylic acids is 1. The first-order valence-corrected chi connectivity index (χ1v) is 8.59. The highest BCUT2D eigenvalue weighted by molar-refractivity contribution is 5.97. The maximum Gasteiger partial charge on any atom is 0.266 e. The number of aromatic nitrogens is 1. The van der Waals surface area contributed by atoms with Crippen LogP contribution in [0.3, 0.4) is 0 Å². The fourth-order valence-corrected chi connectivity index (χ4v) is 3.20. The maximum atomic E-state index is 12.5. The number of piperidine rings is 1. The van der Waals surface area contributed by atoms with Gasteiger partial charge in [0.15, 0.2) is 0 Å². The van der Waals surface area contributed by atoms with Crippen molar-refractivity contribution >= 4 is 11.7 Å². The summed E-state index contributed by atoms with van der Waals surface area (Å²) in [5, 5.41) is 9.37. The van der Waals surface area contributed by atoms with Gasteiger partial charge in [0, 0.05) is 51.7 Å². The summed E-state index contributed by atoms with van der Waals surface area (Å²) in [6.45, 7) is 4.79. The molecule has 2 aliphatic heterocycles. The predicted octanol–water partition coefficient (Wildman–Crippen LogP) is 1.62. The van der Waals surface area contributed by atoms with Crippen LogP contribution in [0.1, 0.15) is 19.3 Å². The highest BCUT2D eigenvalue weighted by atomic mass is 16.2. The number of hydrogen-bond acceptors (Lipinski definition) is 5. The molecule has 24 heavy (non-hydrogen) atoms. The molecule has 0 N–H and O–H groups in total. The average Bonchev–Trinajstić information content (AvgIpc) is 2.67. The van der Waals surface area contributed by atoms with Crippen LogP contribution in [0.2, 0.25) is 0 Å². The fourth-order valence-electron chi connectivity index (χ4n) is 3.20. The van der Waals surface area contributed by atoms with Gasteiger partial charge in [-0.05, 0) is 31.4 Å². The third kappa shape index (κ3) is 3.85. The summed E-state index contributed by atoms with van der Waals surface area (Å²) in [5.74, 6) is 0.857. The molecule has 126 valence electrons. The van der Waals surface area contributed by atoms with Gasteiger partial charge < -0.3 is 14.7 Å². The van der Waals surface area contributed by atoms with Crippen molar-refractivity contribution in [1.82, 2.24) is 14.8 Å². The van der Waals surface area contributed by atoms with Gasteiger partial charge in [0.2, 0.25) is 0 Å². The number of nitriles is 1. The first-order chi connectivity index (χ1) is 11.8. The van der Waals surface area contributed by atoms with E-state index in [2.05, 4.69) is 20.9 Å². The van der Waals surface area contributed by atoms with E-state index in [1.807, 2.05) is 23.1 Å². The monoisotopic (exact) mass is 325 g/mol. The van der Waals surface area contributed by atoms with Crippen LogP contribution in [-0.2, 0) is 4.79 Å². The molecular formula is C18H23N5O. The summed E-state index contributed by atoms with van der Waals surface area (Å²) < 4.78 is 0.